The van der Waals surface area contributed by atoms with Gasteiger partial charge in [0.2, 0.25) is 0 Å². The molecule has 0 aliphatic carbocycles. The zero-order chi connectivity index (χ0) is 18.6. The number of carbonyl (C=O) groups is 1. The highest BCUT2D eigenvalue weighted by molar-refractivity contribution is 7.17. The van der Waals surface area contributed by atoms with Gasteiger partial charge in [0, 0.05) is 37.2 Å². The van der Waals surface area contributed by atoms with Gasteiger partial charge < -0.3 is 9.88 Å². The van der Waals surface area contributed by atoms with E-state index < -0.39 is 0 Å². The number of fused-ring (bicyclic) bond motifs is 1. The Hall–Kier alpha value is -3.06. The van der Waals surface area contributed by atoms with E-state index in [1.54, 1.807) is 18.5 Å². The molecule has 136 valence electrons. The molecule has 0 saturated heterocycles. The summed E-state index contributed by atoms with van der Waals surface area (Å²) in [4.78, 5) is 25.9. The standard InChI is InChI=1S/C20H19N5OS/c1-14-17(27-20(24-14)18-21-9-4-10-22-18)19(26)23-11-5-12-25-13-8-15-6-2-3-7-16(15)25/h2-4,6-10,13H,5,11-12H2,1H3,(H,23,26). The van der Waals surface area contributed by atoms with E-state index in [-0.39, 0.29) is 5.91 Å². The Balaban J connectivity index is 1.35. The second-order valence-corrected chi connectivity index (χ2v) is 7.18. The highest BCUT2D eigenvalue weighted by Crippen LogP contribution is 2.25. The van der Waals surface area contributed by atoms with E-state index >= 15 is 0 Å². The van der Waals surface area contributed by atoms with Crippen molar-refractivity contribution in [1.82, 2.24) is 24.8 Å². The number of aromatic nitrogens is 4. The van der Waals surface area contributed by atoms with Crippen molar-refractivity contribution in [3.8, 4) is 10.8 Å². The summed E-state index contributed by atoms with van der Waals surface area (Å²) in [6, 6.07) is 12.2. The molecule has 0 spiro atoms. The van der Waals surface area contributed by atoms with E-state index in [9.17, 15) is 4.79 Å². The zero-order valence-electron chi connectivity index (χ0n) is 14.9. The van der Waals surface area contributed by atoms with Crippen LogP contribution in [0.1, 0.15) is 21.8 Å². The van der Waals surface area contributed by atoms with Crippen molar-refractivity contribution in [2.24, 2.45) is 0 Å². The first kappa shape index (κ1) is 17.4. The lowest BCUT2D eigenvalue weighted by Gasteiger charge is -2.07. The van der Waals surface area contributed by atoms with Gasteiger partial charge in [0.05, 0.1) is 5.69 Å². The lowest BCUT2D eigenvalue weighted by molar-refractivity contribution is 0.0956. The van der Waals surface area contributed by atoms with Crippen LogP contribution in [0.4, 0.5) is 0 Å². The van der Waals surface area contributed by atoms with Gasteiger partial charge in [-0.25, -0.2) is 15.0 Å². The van der Waals surface area contributed by atoms with Crippen LogP contribution >= 0.6 is 11.3 Å². The van der Waals surface area contributed by atoms with E-state index in [0.29, 0.717) is 27.9 Å². The van der Waals surface area contributed by atoms with Crippen LogP contribution in [0, 0.1) is 6.92 Å². The number of hydrogen-bond donors (Lipinski definition) is 1. The van der Waals surface area contributed by atoms with Crippen molar-refractivity contribution in [1.29, 1.82) is 0 Å². The number of nitrogens with zero attached hydrogens (tertiary/aromatic N) is 4. The first-order valence-corrected chi connectivity index (χ1v) is 9.61. The minimum absolute atomic E-state index is 0.0930. The number of para-hydroxylation sites is 1. The molecule has 1 amide bonds. The summed E-state index contributed by atoms with van der Waals surface area (Å²) in [6.07, 6.45) is 6.29. The summed E-state index contributed by atoms with van der Waals surface area (Å²) in [5.41, 5.74) is 1.92. The maximum absolute atomic E-state index is 12.5. The smallest absolute Gasteiger partial charge is 0.263 e. The van der Waals surface area contributed by atoms with Gasteiger partial charge >= 0.3 is 0 Å². The van der Waals surface area contributed by atoms with Crippen molar-refractivity contribution in [2.45, 2.75) is 19.9 Å². The van der Waals surface area contributed by atoms with Gasteiger partial charge in [0.1, 0.15) is 4.88 Å². The van der Waals surface area contributed by atoms with Crippen LogP contribution in [0.5, 0.6) is 0 Å². The molecule has 0 aliphatic rings. The minimum Gasteiger partial charge on any atom is -0.351 e. The van der Waals surface area contributed by atoms with Gasteiger partial charge in [-0.2, -0.15) is 0 Å². The molecule has 1 N–H and O–H groups in total. The second-order valence-electron chi connectivity index (χ2n) is 6.18. The molecule has 4 aromatic rings. The number of hydrogen-bond acceptors (Lipinski definition) is 5. The van der Waals surface area contributed by atoms with Gasteiger partial charge in [-0.05, 0) is 36.9 Å². The number of rotatable bonds is 6. The van der Waals surface area contributed by atoms with Crippen molar-refractivity contribution >= 4 is 28.1 Å². The van der Waals surface area contributed by atoms with Crippen LogP contribution in [0.2, 0.25) is 0 Å². The van der Waals surface area contributed by atoms with Crippen molar-refractivity contribution in [3.05, 3.63) is 65.6 Å². The molecular weight excluding hydrogens is 358 g/mol. The highest BCUT2D eigenvalue weighted by atomic mass is 32.1. The number of aryl methyl sites for hydroxylation is 2. The molecule has 0 unspecified atom stereocenters. The van der Waals surface area contributed by atoms with E-state index in [0.717, 1.165) is 13.0 Å². The molecule has 0 aliphatic heterocycles. The number of thiazole rings is 1. The summed E-state index contributed by atoms with van der Waals surface area (Å²) in [5, 5.41) is 4.89. The van der Waals surface area contributed by atoms with Gasteiger partial charge in [-0.15, -0.1) is 11.3 Å². The predicted octanol–water partition coefficient (Wildman–Crippen LogP) is 3.68. The SMILES string of the molecule is Cc1nc(-c2ncccn2)sc1C(=O)NCCCn1ccc2ccccc21. The Labute approximate surface area is 160 Å². The summed E-state index contributed by atoms with van der Waals surface area (Å²) >= 11 is 1.33. The Morgan fingerprint density at radius 2 is 1.96 bits per heavy atom. The van der Waals surface area contributed by atoms with Crippen molar-refractivity contribution < 1.29 is 4.79 Å². The molecule has 0 fully saturated rings. The molecule has 7 heteroatoms. The number of nitrogens with one attached hydrogen (secondary N) is 1. The quantitative estimate of drug-likeness (QED) is 0.520. The Bertz CT molecular complexity index is 1070. The van der Waals surface area contributed by atoms with Crippen LogP contribution in [-0.2, 0) is 6.54 Å². The van der Waals surface area contributed by atoms with Crippen molar-refractivity contribution in [3.63, 3.8) is 0 Å². The Kier molecular flexibility index (Phi) is 4.93. The van der Waals surface area contributed by atoms with E-state index in [2.05, 4.69) is 49.2 Å². The lowest BCUT2D eigenvalue weighted by atomic mass is 10.2. The second kappa shape index (κ2) is 7.67. The highest BCUT2D eigenvalue weighted by Gasteiger charge is 2.17. The number of carbonyl (C=O) groups excluding carboxylic acids is 1. The Morgan fingerprint density at radius 3 is 2.81 bits per heavy atom. The Morgan fingerprint density at radius 1 is 1.15 bits per heavy atom. The maximum Gasteiger partial charge on any atom is 0.263 e. The summed E-state index contributed by atoms with van der Waals surface area (Å²) in [7, 11) is 0. The first-order valence-electron chi connectivity index (χ1n) is 8.79. The number of amides is 1. The predicted molar refractivity (Wildman–Crippen MR) is 107 cm³/mol. The lowest BCUT2D eigenvalue weighted by Crippen LogP contribution is -2.25. The third-order valence-corrected chi connectivity index (χ3v) is 5.45. The molecule has 0 atom stereocenters. The monoisotopic (exact) mass is 377 g/mol. The summed E-state index contributed by atoms with van der Waals surface area (Å²) in [6.45, 7) is 3.31. The molecule has 6 nitrogen and oxygen atoms in total. The topological polar surface area (TPSA) is 72.7 Å². The zero-order valence-corrected chi connectivity index (χ0v) is 15.7. The molecular formula is C20H19N5OS. The third kappa shape index (κ3) is 3.73. The van der Waals surface area contributed by atoms with Gasteiger partial charge in [0.15, 0.2) is 10.8 Å². The largest absolute Gasteiger partial charge is 0.351 e. The summed E-state index contributed by atoms with van der Waals surface area (Å²) < 4.78 is 2.21. The fourth-order valence-corrected chi connectivity index (χ4v) is 3.91. The average molecular weight is 377 g/mol. The molecule has 3 heterocycles. The molecule has 4 rings (SSSR count). The van der Waals surface area contributed by atoms with Gasteiger partial charge in [-0.3, -0.25) is 4.79 Å². The molecule has 0 radical (unpaired) electrons. The van der Waals surface area contributed by atoms with Crippen LogP contribution < -0.4 is 5.32 Å². The van der Waals surface area contributed by atoms with Crippen LogP contribution in [0.25, 0.3) is 21.7 Å². The minimum atomic E-state index is -0.0930. The fraction of sp³-hybridized carbons (Fsp3) is 0.200. The third-order valence-electron chi connectivity index (χ3n) is 4.30. The van der Waals surface area contributed by atoms with E-state index in [1.807, 2.05) is 19.1 Å². The number of benzene rings is 1. The molecule has 27 heavy (non-hydrogen) atoms. The molecule has 1 aromatic carbocycles. The van der Waals surface area contributed by atoms with Crippen LogP contribution in [0.15, 0.2) is 55.0 Å². The molecule has 3 aromatic heterocycles. The average Bonchev–Trinajstić information content (AvgIpc) is 3.29. The summed E-state index contributed by atoms with van der Waals surface area (Å²) in [5.74, 6) is 0.452. The van der Waals surface area contributed by atoms with E-state index in [4.69, 9.17) is 0 Å². The van der Waals surface area contributed by atoms with Crippen molar-refractivity contribution in [2.75, 3.05) is 6.54 Å². The normalized spacial score (nSPS) is 11.0. The molecule has 0 bridgehead atoms. The molecule has 0 saturated carbocycles. The maximum atomic E-state index is 12.5. The van der Waals surface area contributed by atoms with Gasteiger partial charge in [0.25, 0.3) is 5.91 Å². The first-order chi connectivity index (χ1) is 13.2. The van der Waals surface area contributed by atoms with Crippen LogP contribution in [0.3, 0.4) is 0 Å². The van der Waals surface area contributed by atoms with Crippen LogP contribution in [-0.4, -0.2) is 32.0 Å². The van der Waals surface area contributed by atoms with Gasteiger partial charge in [-0.1, -0.05) is 18.2 Å². The fourth-order valence-electron chi connectivity index (χ4n) is 2.98. The van der Waals surface area contributed by atoms with E-state index in [1.165, 1.54) is 22.2 Å².